The zero-order valence-electron chi connectivity index (χ0n) is 11.3. The van der Waals surface area contributed by atoms with Crippen LogP contribution in [0, 0.1) is 0 Å². The molecule has 1 aliphatic rings. The van der Waals surface area contributed by atoms with Crippen LogP contribution in [0.2, 0.25) is 0 Å². The van der Waals surface area contributed by atoms with Crippen LogP contribution in [-0.4, -0.2) is 40.0 Å². The van der Waals surface area contributed by atoms with Crippen LogP contribution in [0.4, 0.5) is 5.69 Å². The molecule has 9 heteroatoms. The smallest absolute Gasteiger partial charge is 0.339 e. The van der Waals surface area contributed by atoms with Crippen molar-refractivity contribution in [2.24, 2.45) is 0 Å². The highest BCUT2D eigenvalue weighted by molar-refractivity contribution is 7.89. The highest BCUT2D eigenvalue weighted by Crippen LogP contribution is 2.20. The lowest BCUT2D eigenvalue weighted by molar-refractivity contribution is -0.119. The fourth-order valence-corrected chi connectivity index (χ4v) is 3.43. The van der Waals surface area contributed by atoms with Crippen LogP contribution in [-0.2, 0) is 19.6 Å². The van der Waals surface area contributed by atoms with Crippen LogP contribution < -0.4 is 15.8 Å². The van der Waals surface area contributed by atoms with Crippen LogP contribution in [0.3, 0.4) is 0 Å². The second-order valence-electron chi connectivity index (χ2n) is 4.57. The van der Waals surface area contributed by atoms with Gasteiger partial charge in [-0.25, -0.2) is 17.9 Å². The van der Waals surface area contributed by atoms with E-state index in [0.717, 1.165) is 7.11 Å². The molecule has 114 valence electrons. The van der Waals surface area contributed by atoms with Gasteiger partial charge < -0.3 is 15.8 Å². The number of rotatable bonds is 4. The molecule has 21 heavy (non-hydrogen) atoms. The first kappa shape index (κ1) is 15.3. The molecule has 2 rings (SSSR count). The van der Waals surface area contributed by atoms with Crippen molar-refractivity contribution in [2.45, 2.75) is 17.4 Å². The first-order chi connectivity index (χ1) is 9.83. The first-order valence-electron chi connectivity index (χ1n) is 6.10. The van der Waals surface area contributed by atoms with Gasteiger partial charge in [-0.3, -0.25) is 4.79 Å². The van der Waals surface area contributed by atoms with Gasteiger partial charge >= 0.3 is 5.97 Å². The molecule has 8 nitrogen and oxygen atoms in total. The molecule has 0 bridgehead atoms. The number of ether oxygens (including phenoxy) is 1. The van der Waals surface area contributed by atoms with E-state index in [4.69, 9.17) is 5.73 Å². The van der Waals surface area contributed by atoms with Crippen LogP contribution in [0.5, 0.6) is 0 Å². The Kier molecular flexibility index (Phi) is 4.14. The lowest BCUT2D eigenvalue weighted by atomic mass is 10.2. The van der Waals surface area contributed by atoms with Crippen LogP contribution in [0.15, 0.2) is 23.1 Å². The molecule has 1 saturated heterocycles. The standard InChI is InChI=1S/C12H15N3O5S/c1-20-12(17)9-4-7(13)2-3-10(9)21(18,19)15-8-5-11(16)14-6-8/h2-4,8,15H,5-6,13H2,1H3,(H,14,16). The molecule has 0 saturated carbocycles. The van der Waals surface area contributed by atoms with E-state index in [-0.39, 0.29) is 35.0 Å². The molecule has 0 spiro atoms. The summed E-state index contributed by atoms with van der Waals surface area (Å²) >= 11 is 0. The maximum atomic E-state index is 12.3. The average molecular weight is 313 g/mol. The van der Waals surface area contributed by atoms with Crippen LogP contribution >= 0.6 is 0 Å². The number of amides is 1. The van der Waals surface area contributed by atoms with Crippen molar-refractivity contribution in [2.75, 3.05) is 19.4 Å². The Bertz CT molecular complexity index is 686. The second-order valence-corrected chi connectivity index (χ2v) is 6.26. The number of benzene rings is 1. The lowest BCUT2D eigenvalue weighted by Gasteiger charge is -2.14. The number of esters is 1. The van der Waals surface area contributed by atoms with Gasteiger partial charge in [-0.15, -0.1) is 0 Å². The molecular formula is C12H15N3O5S. The van der Waals surface area contributed by atoms with Crippen LogP contribution in [0.1, 0.15) is 16.8 Å². The predicted molar refractivity (Wildman–Crippen MR) is 73.9 cm³/mol. The Labute approximate surface area is 121 Å². The van der Waals surface area contributed by atoms with E-state index in [1.54, 1.807) is 0 Å². The number of hydrogen-bond donors (Lipinski definition) is 3. The van der Waals surface area contributed by atoms with Gasteiger partial charge in [0.2, 0.25) is 15.9 Å². The van der Waals surface area contributed by atoms with E-state index in [1.165, 1.54) is 18.2 Å². The molecule has 1 atom stereocenters. The number of nitrogens with two attached hydrogens (primary N) is 1. The molecule has 0 aromatic heterocycles. The molecule has 1 aliphatic heterocycles. The van der Waals surface area contributed by atoms with Gasteiger partial charge in [0.25, 0.3) is 0 Å². The van der Waals surface area contributed by atoms with Gasteiger partial charge in [0.05, 0.1) is 17.6 Å². The van der Waals surface area contributed by atoms with E-state index in [0.29, 0.717) is 0 Å². The summed E-state index contributed by atoms with van der Waals surface area (Å²) < 4.78 is 31.6. The van der Waals surface area contributed by atoms with E-state index in [9.17, 15) is 18.0 Å². The number of carbonyl (C=O) groups is 2. The summed E-state index contributed by atoms with van der Waals surface area (Å²) in [5, 5.41) is 2.52. The quantitative estimate of drug-likeness (QED) is 0.494. The minimum atomic E-state index is -3.97. The normalized spacial score (nSPS) is 18.3. The zero-order chi connectivity index (χ0) is 15.6. The van der Waals surface area contributed by atoms with Gasteiger partial charge in [-0.2, -0.15) is 0 Å². The van der Waals surface area contributed by atoms with Crippen molar-refractivity contribution < 1.29 is 22.7 Å². The first-order valence-corrected chi connectivity index (χ1v) is 7.58. The number of nitrogens with one attached hydrogen (secondary N) is 2. The molecular weight excluding hydrogens is 298 g/mol. The van der Waals surface area contributed by atoms with Gasteiger partial charge in [-0.1, -0.05) is 0 Å². The molecule has 0 aliphatic carbocycles. The Hall–Kier alpha value is -2.13. The van der Waals surface area contributed by atoms with Gasteiger partial charge in [0, 0.05) is 24.7 Å². The summed E-state index contributed by atoms with van der Waals surface area (Å²) in [6.45, 7) is 0.209. The van der Waals surface area contributed by atoms with Gasteiger partial charge in [0.1, 0.15) is 0 Å². The highest BCUT2D eigenvalue weighted by Gasteiger charge is 2.29. The number of sulfonamides is 1. The van der Waals surface area contributed by atoms with Gasteiger partial charge in [-0.05, 0) is 18.2 Å². The maximum absolute atomic E-state index is 12.3. The number of nitrogen functional groups attached to an aromatic ring is 1. The van der Waals surface area contributed by atoms with Crippen molar-refractivity contribution >= 4 is 27.6 Å². The second kappa shape index (κ2) is 5.70. The predicted octanol–water partition coefficient (Wildman–Crippen LogP) is -0.778. The maximum Gasteiger partial charge on any atom is 0.339 e. The summed E-state index contributed by atoms with van der Waals surface area (Å²) in [4.78, 5) is 22.6. The van der Waals surface area contributed by atoms with Crippen molar-refractivity contribution in [3.63, 3.8) is 0 Å². The molecule has 1 heterocycles. The van der Waals surface area contributed by atoms with Crippen LogP contribution in [0.25, 0.3) is 0 Å². The Balaban J connectivity index is 2.35. The third-order valence-corrected chi connectivity index (χ3v) is 4.58. The zero-order valence-corrected chi connectivity index (χ0v) is 12.1. The minimum absolute atomic E-state index is 0.0573. The third kappa shape index (κ3) is 3.31. The van der Waals surface area contributed by atoms with Crippen molar-refractivity contribution in [3.05, 3.63) is 23.8 Å². The highest BCUT2D eigenvalue weighted by atomic mass is 32.2. The summed E-state index contributed by atoms with van der Waals surface area (Å²) in [6, 6.07) is 3.29. The molecule has 1 aromatic carbocycles. The SMILES string of the molecule is COC(=O)c1cc(N)ccc1S(=O)(=O)NC1CNC(=O)C1. The molecule has 1 aromatic rings. The summed E-state index contributed by atoms with van der Waals surface area (Å²) in [5.74, 6) is -1.03. The number of hydrogen-bond acceptors (Lipinski definition) is 6. The molecule has 1 amide bonds. The van der Waals surface area contributed by atoms with E-state index >= 15 is 0 Å². The average Bonchev–Trinajstić information content (AvgIpc) is 2.82. The van der Waals surface area contributed by atoms with Crippen molar-refractivity contribution in [1.29, 1.82) is 0 Å². The summed E-state index contributed by atoms with van der Waals surface area (Å²) in [7, 11) is -2.82. The third-order valence-electron chi connectivity index (χ3n) is 3.00. The van der Waals surface area contributed by atoms with Crippen molar-refractivity contribution in [1.82, 2.24) is 10.0 Å². The summed E-state index contributed by atoms with van der Waals surface area (Å²) in [6.07, 6.45) is 0.0573. The Morgan fingerprint density at radius 2 is 2.19 bits per heavy atom. The summed E-state index contributed by atoms with van der Waals surface area (Å²) in [5.41, 5.74) is 5.66. The fourth-order valence-electron chi connectivity index (χ4n) is 2.02. The Morgan fingerprint density at radius 3 is 2.76 bits per heavy atom. The lowest BCUT2D eigenvalue weighted by Crippen LogP contribution is -2.36. The fraction of sp³-hybridized carbons (Fsp3) is 0.333. The molecule has 1 unspecified atom stereocenters. The number of carbonyl (C=O) groups excluding carboxylic acids is 2. The van der Waals surface area contributed by atoms with Crippen molar-refractivity contribution in [3.8, 4) is 0 Å². The topological polar surface area (TPSA) is 128 Å². The number of methoxy groups -OCH3 is 1. The Morgan fingerprint density at radius 1 is 1.48 bits per heavy atom. The van der Waals surface area contributed by atoms with E-state index < -0.39 is 22.0 Å². The molecule has 4 N–H and O–H groups in total. The minimum Gasteiger partial charge on any atom is -0.465 e. The monoisotopic (exact) mass is 313 g/mol. The number of anilines is 1. The van der Waals surface area contributed by atoms with Gasteiger partial charge in [0.15, 0.2) is 0 Å². The van der Waals surface area contributed by atoms with E-state index in [1.807, 2.05) is 0 Å². The van der Waals surface area contributed by atoms with E-state index in [2.05, 4.69) is 14.8 Å². The molecule has 0 radical (unpaired) electrons. The largest absolute Gasteiger partial charge is 0.465 e. The molecule has 1 fully saturated rings.